The second-order valence-corrected chi connectivity index (χ2v) is 15.6. The lowest BCUT2D eigenvalue weighted by Gasteiger charge is -2.29. The van der Waals surface area contributed by atoms with Crippen molar-refractivity contribution in [2.24, 2.45) is 0 Å². The predicted octanol–water partition coefficient (Wildman–Crippen LogP) is 17.0. The molecule has 0 fully saturated rings. The fraction of sp³-hybridized carbons (Fsp3) is 0. The van der Waals surface area contributed by atoms with Gasteiger partial charge < -0.3 is 15.5 Å². The Hall–Kier alpha value is -8.40. The summed E-state index contributed by atoms with van der Waals surface area (Å²) in [6, 6.07) is 92.6. The molecular formula is C60H45N3. The molecule has 0 radical (unpaired) electrons. The van der Waals surface area contributed by atoms with Crippen LogP contribution in [0.2, 0.25) is 0 Å². The smallest absolute Gasteiger partial charge is 0.0540 e. The number of hydrogen-bond acceptors (Lipinski definition) is 3. The van der Waals surface area contributed by atoms with E-state index in [2.05, 4.69) is 276 Å². The molecule has 0 aromatic heterocycles. The summed E-state index contributed by atoms with van der Waals surface area (Å²) < 4.78 is 0. The monoisotopic (exact) mass is 807 g/mol. The van der Waals surface area contributed by atoms with Crippen LogP contribution in [0.25, 0.3) is 55.6 Å². The minimum absolute atomic E-state index is 0.983. The minimum Gasteiger partial charge on any atom is -0.355 e. The van der Waals surface area contributed by atoms with Gasteiger partial charge in [-0.2, -0.15) is 0 Å². The van der Waals surface area contributed by atoms with Crippen LogP contribution in [0.5, 0.6) is 0 Å². The maximum Gasteiger partial charge on any atom is 0.0540 e. The quantitative estimate of drug-likeness (QED) is 0.129. The number of benzene rings is 10. The second-order valence-electron chi connectivity index (χ2n) is 15.6. The Balaban J connectivity index is 1.06. The lowest BCUT2D eigenvalue weighted by atomic mass is 9.98. The van der Waals surface area contributed by atoms with Gasteiger partial charge in [-0.1, -0.05) is 194 Å². The highest BCUT2D eigenvalue weighted by Crippen LogP contribution is 2.45. The van der Waals surface area contributed by atoms with Gasteiger partial charge in [-0.05, 0) is 111 Å². The topological polar surface area (TPSA) is 27.3 Å². The van der Waals surface area contributed by atoms with E-state index >= 15 is 0 Å². The molecule has 0 saturated carbocycles. The first-order valence-electron chi connectivity index (χ1n) is 21.4. The van der Waals surface area contributed by atoms with Gasteiger partial charge in [0.15, 0.2) is 0 Å². The molecule has 10 rings (SSSR count). The Morgan fingerprint density at radius 2 is 0.571 bits per heavy atom. The van der Waals surface area contributed by atoms with Crippen molar-refractivity contribution >= 4 is 39.8 Å². The molecule has 3 nitrogen and oxygen atoms in total. The number of rotatable bonds is 12. The van der Waals surface area contributed by atoms with Gasteiger partial charge >= 0.3 is 0 Å². The van der Waals surface area contributed by atoms with Crippen LogP contribution in [0.1, 0.15) is 0 Å². The molecule has 2 N–H and O–H groups in total. The van der Waals surface area contributed by atoms with Crippen LogP contribution in [-0.2, 0) is 0 Å². The van der Waals surface area contributed by atoms with E-state index < -0.39 is 0 Å². The van der Waals surface area contributed by atoms with Gasteiger partial charge in [0.1, 0.15) is 0 Å². The highest BCUT2D eigenvalue weighted by Gasteiger charge is 2.20. The lowest BCUT2D eigenvalue weighted by Crippen LogP contribution is -2.11. The van der Waals surface area contributed by atoms with Crippen LogP contribution in [0.3, 0.4) is 0 Å². The molecule has 0 spiro atoms. The number of anilines is 7. The third kappa shape index (κ3) is 8.77. The summed E-state index contributed by atoms with van der Waals surface area (Å²) in [4.78, 5) is 2.37. The van der Waals surface area contributed by atoms with Crippen molar-refractivity contribution in [3.63, 3.8) is 0 Å². The Morgan fingerprint density at radius 3 is 1.00 bits per heavy atom. The summed E-state index contributed by atoms with van der Waals surface area (Å²) in [6.45, 7) is 0. The number of nitrogens with one attached hydrogen (secondary N) is 2. The molecule has 3 heteroatoms. The summed E-state index contributed by atoms with van der Waals surface area (Å²) in [5, 5.41) is 7.54. The molecule has 300 valence electrons. The fourth-order valence-electron chi connectivity index (χ4n) is 8.23. The number of para-hydroxylation sites is 1. The van der Waals surface area contributed by atoms with Gasteiger partial charge in [0.25, 0.3) is 0 Å². The maximum absolute atomic E-state index is 3.84. The third-order valence-electron chi connectivity index (χ3n) is 11.5. The van der Waals surface area contributed by atoms with Crippen LogP contribution >= 0.6 is 0 Å². The third-order valence-corrected chi connectivity index (χ3v) is 11.5. The van der Waals surface area contributed by atoms with Crippen LogP contribution in [-0.4, -0.2) is 0 Å². The first-order valence-corrected chi connectivity index (χ1v) is 21.4. The van der Waals surface area contributed by atoms with Crippen molar-refractivity contribution < 1.29 is 0 Å². The van der Waals surface area contributed by atoms with Gasteiger partial charge in [-0.3, -0.25) is 0 Å². The van der Waals surface area contributed by atoms with Crippen molar-refractivity contribution in [1.82, 2.24) is 0 Å². The van der Waals surface area contributed by atoms with Crippen molar-refractivity contribution in [1.29, 1.82) is 0 Å². The van der Waals surface area contributed by atoms with E-state index in [1.54, 1.807) is 0 Å². The molecule has 63 heavy (non-hydrogen) atoms. The lowest BCUT2D eigenvalue weighted by molar-refractivity contribution is 1.28. The molecule has 0 heterocycles. The Labute approximate surface area is 370 Å². The Kier molecular flexibility index (Phi) is 11.1. The molecule has 0 atom stereocenters. The normalized spacial score (nSPS) is 10.9. The van der Waals surface area contributed by atoms with Gasteiger partial charge in [0, 0.05) is 45.3 Å². The molecule has 0 aliphatic carbocycles. The molecule has 0 bridgehead atoms. The zero-order valence-electron chi connectivity index (χ0n) is 34.8. The zero-order chi connectivity index (χ0) is 42.2. The minimum atomic E-state index is 0.983. The van der Waals surface area contributed by atoms with Gasteiger partial charge in [-0.15, -0.1) is 0 Å². The Bertz CT molecular complexity index is 2960. The largest absolute Gasteiger partial charge is 0.355 e. The average molecular weight is 808 g/mol. The van der Waals surface area contributed by atoms with E-state index in [9.17, 15) is 0 Å². The standard InChI is InChI=1S/C60H45N3/c1-5-15-44(16-6-1)48-25-33-52(34-26-48)61-54-37-42-57(59(43-54)62-53-35-27-49(28-36-53)45-17-7-2-8-18-45)58-23-13-14-24-60(58)63(55-38-29-50(30-39-55)46-19-9-3-10-20-46)56-40-31-51(32-41-56)47-21-11-4-12-22-47/h1-43,61-62H. The van der Waals surface area contributed by atoms with E-state index in [4.69, 9.17) is 0 Å². The summed E-state index contributed by atoms with van der Waals surface area (Å²) in [5.41, 5.74) is 18.8. The van der Waals surface area contributed by atoms with Crippen molar-refractivity contribution in [3.8, 4) is 55.6 Å². The molecule has 10 aromatic carbocycles. The van der Waals surface area contributed by atoms with Crippen LogP contribution in [0.15, 0.2) is 261 Å². The summed E-state index contributed by atoms with van der Waals surface area (Å²) in [6.07, 6.45) is 0. The van der Waals surface area contributed by atoms with Crippen molar-refractivity contribution in [2.75, 3.05) is 15.5 Å². The number of nitrogens with zero attached hydrogens (tertiary/aromatic N) is 1. The first-order chi connectivity index (χ1) is 31.2. The van der Waals surface area contributed by atoms with Crippen LogP contribution in [0.4, 0.5) is 39.8 Å². The SMILES string of the molecule is c1ccc(-c2ccc(Nc3ccc(-c4ccccc4N(c4ccc(-c5ccccc5)cc4)c4ccc(-c5ccccc5)cc4)c(Nc4ccc(-c5ccccc5)cc4)c3)cc2)cc1. The molecule has 0 amide bonds. The molecule has 0 aliphatic rings. The van der Waals surface area contributed by atoms with E-state index in [0.717, 1.165) is 50.9 Å². The van der Waals surface area contributed by atoms with Gasteiger partial charge in [-0.25, -0.2) is 0 Å². The first kappa shape index (κ1) is 38.8. The molecule has 0 aliphatic heterocycles. The molecule has 0 unspecified atom stereocenters. The zero-order valence-corrected chi connectivity index (χ0v) is 34.8. The van der Waals surface area contributed by atoms with Gasteiger partial charge in [0.2, 0.25) is 0 Å². The van der Waals surface area contributed by atoms with E-state index in [0.29, 0.717) is 0 Å². The summed E-state index contributed by atoms with van der Waals surface area (Å²) >= 11 is 0. The van der Waals surface area contributed by atoms with Crippen molar-refractivity contribution in [3.05, 3.63) is 261 Å². The maximum atomic E-state index is 3.84. The molecular weight excluding hydrogens is 763 g/mol. The second kappa shape index (κ2) is 18.1. The van der Waals surface area contributed by atoms with E-state index in [1.807, 2.05) is 0 Å². The molecule has 10 aromatic rings. The van der Waals surface area contributed by atoms with Crippen LogP contribution < -0.4 is 15.5 Å². The van der Waals surface area contributed by atoms with E-state index in [-0.39, 0.29) is 0 Å². The highest BCUT2D eigenvalue weighted by molar-refractivity contribution is 5.95. The van der Waals surface area contributed by atoms with Crippen LogP contribution in [0, 0.1) is 0 Å². The number of hydrogen-bond donors (Lipinski definition) is 2. The van der Waals surface area contributed by atoms with Gasteiger partial charge in [0.05, 0.1) is 5.69 Å². The predicted molar refractivity (Wildman–Crippen MR) is 268 cm³/mol. The molecule has 0 saturated heterocycles. The fourth-order valence-corrected chi connectivity index (χ4v) is 8.23. The summed E-state index contributed by atoms with van der Waals surface area (Å²) in [7, 11) is 0. The van der Waals surface area contributed by atoms with E-state index in [1.165, 1.54) is 44.5 Å². The summed E-state index contributed by atoms with van der Waals surface area (Å²) in [5.74, 6) is 0. The highest BCUT2D eigenvalue weighted by atomic mass is 15.1. The Morgan fingerprint density at radius 1 is 0.238 bits per heavy atom. The van der Waals surface area contributed by atoms with Crippen molar-refractivity contribution in [2.45, 2.75) is 0 Å². The average Bonchev–Trinajstić information content (AvgIpc) is 3.36.